The summed E-state index contributed by atoms with van der Waals surface area (Å²) in [4.78, 5) is 11.8. The molecule has 1 N–H and O–H groups in total. The lowest BCUT2D eigenvalue weighted by atomic mass is 10.4. The van der Waals surface area contributed by atoms with Crippen LogP contribution in [0.5, 0.6) is 0 Å². The molecule has 2 rings (SSSR count). The number of hydrogen-bond acceptors (Lipinski definition) is 4. The molecule has 0 aliphatic rings. The molecule has 7 nitrogen and oxygen atoms in total. The molecule has 0 radical (unpaired) electrons. The molecule has 0 aliphatic heterocycles. The maximum Gasteiger partial charge on any atom is 0.291 e. The van der Waals surface area contributed by atoms with E-state index < -0.39 is 11.9 Å². The zero-order valence-electron chi connectivity index (χ0n) is 10.8. The minimum Gasteiger partial charge on any atom is -0.266 e. The number of aromatic nitrogens is 4. The van der Waals surface area contributed by atoms with E-state index in [0.29, 0.717) is 6.54 Å². The molecular weight excluding hydrogens is 287 g/mol. The van der Waals surface area contributed by atoms with Crippen LogP contribution >= 0.6 is 11.6 Å². The van der Waals surface area contributed by atoms with E-state index in [0.717, 1.165) is 0 Å². The van der Waals surface area contributed by atoms with Crippen molar-refractivity contribution in [3.8, 4) is 0 Å². The Bertz CT molecular complexity index is 642. The van der Waals surface area contributed by atoms with Gasteiger partial charge in [0.1, 0.15) is 5.69 Å². The molecule has 20 heavy (non-hydrogen) atoms. The number of nitrogens with zero attached hydrogens (tertiary/aromatic N) is 5. The van der Waals surface area contributed by atoms with Gasteiger partial charge in [-0.25, -0.2) is 10.1 Å². The van der Waals surface area contributed by atoms with Crippen LogP contribution in [0.25, 0.3) is 0 Å². The smallest absolute Gasteiger partial charge is 0.266 e. The van der Waals surface area contributed by atoms with Gasteiger partial charge < -0.3 is 0 Å². The number of carbonyl (C=O) groups is 1. The fourth-order valence-electron chi connectivity index (χ4n) is 1.57. The fraction of sp³-hybridized carbons (Fsp3) is 0.273. The Morgan fingerprint density at radius 1 is 1.55 bits per heavy atom. The van der Waals surface area contributed by atoms with Gasteiger partial charge in [0.05, 0.1) is 29.2 Å². The summed E-state index contributed by atoms with van der Waals surface area (Å²) in [5.41, 5.74) is 2.61. The highest BCUT2D eigenvalue weighted by Crippen LogP contribution is 2.13. The van der Waals surface area contributed by atoms with E-state index in [1.165, 1.54) is 28.0 Å². The van der Waals surface area contributed by atoms with Gasteiger partial charge >= 0.3 is 0 Å². The van der Waals surface area contributed by atoms with Crippen molar-refractivity contribution in [1.29, 1.82) is 0 Å². The molecule has 0 bridgehead atoms. The minimum absolute atomic E-state index is 0.175. The average Bonchev–Trinajstić information content (AvgIpc) is 2.93. The zero-order chi connectivity index (χ0) is 14.7. The van der Waals surface area contributed by atoms with Crippen molar-refractivity contribution in [2.45, 2.75) is 13.5 Å². The van der Waals surface area contributed by atoms with E-state index in [-0.39, 0.29) is 16.3 Å². The summed E-state index contributed by atoms with van der Waals surface area (Å²) < 4.78 is 16.1. The number of amides is 1. The van der Waals surface area contributed by atoms with Crippen molar-refractivity contribution in [1.82, 2.24) is 25.0 Å². The number of rotatable bonds is 4. The molecule has 1 amide bonds. The standard InChI is InChI=1S/C11H12ClFN6O/c1-3-19-10(13)7(5-16-19)4-14-17-11(20)9-8(12)6-15-18(9)2/h4-6H,3H2,1-2H3,(H,17,20)/b14-4+. The molecule has 0 aliphatic carbocycles. The van der Waals surface area contributed by atoms with Crippen molar-refractivity contribution in [2.75, 3.05) is 0 Å². The summed E-state index contributed by atoms with van der Waals surface area (Å²) >= 11 is 5.81. The summed E-state index contributed by atoms with van der Waals surface area (Å²) in [5, 5.41) is 11.5. The van der Waals surface area contributed by atoms with Crippen LogP contribution < -0.4 is 5.43 Å². The van der Waals surface area contributed by atoms with Crippen molar-refractivity contribution < 1.29 is 9.18 Å². The molecule has 0 saturated carbocycles. The maximum absolute atomic E-state index is 13.6. The number of hydrazone groups is 1. The fourth-order valence-corrected chi connectivity index (χ4v) is 1.82. The Labute approximate surface area is 119 Å². The summed E-state index contributed by atoms with van der Waals surface area (Å²) in [7, 11) is 1.58. The van der Waals surface area contributed by atoms with Crippen molar-refractivity contribution in [3.63, 3.8) is 0 Å². The predicted octanol–water partition coefficient (Wildman–Crippen LogP) is 1.19. The molecule has 2 heterocycles. The van der Waals surface area contributed by atoms with Crippen molar-refractivity contribution in [3.05, 3.63) is 34.6 Å². The van der Waals surface area contributed by atoms with Gasteiger partial charge in [0, 0.05) is 13.6 Å². The van der Waals surface area contributed by atoms with Gasteiger partial charge in [-0.05, 0) is 6.92 Å². The molecular formula is C11H12ClFN6O. The molecule has 0 fully saturated rings. The van der Waals surface area contributed by atoms with Crippen LogP contribution in [0, 0.1) is 5.95 Å². The Hall–Kier alpha value is -2.22. The largest absolute Gasteiger partial charge is 0.291 e. The first-order chi connectivity index (χ1) is 9.54. The Balaban J connectivity index is 2.07. The topological polar surface area (TPSA) is 77.1 Å². The van der Waals surface area contributed by atoms with E-state index in [4.69, 9.17) is 11.6 Å². The van der Waals surface area contributed by atoms with E-state index in [1.54, 1.807) is 14.0 Å². The van der Waals surface area contributed by atoms with Gasteiger partial charge in [0.2, 0.25) is 5.95 Å². The first kappa shape index (κ1) is 14.2. The van der Waals surface area contributed by atoms with Gasteiger partial charge in [-0.1, -0.05) is 11.6 Å². The van der Waals surface area contributed by atoms with E-state index in [1.807, 2.05) is 0 Å². The second-order valence-electron chi connectivity index (χ2n) is 3.87. The Kier molecular flexibility index (Phi) is 4.14. The number of nitrogens with one attached hydrogen (secondary N) is 1. The van der Waals surface area contributed by atoms with Crippen molar-refractivity contribution in [2.24, 2.45) is 12.1 Å². The molecule has 0 atom stereocenters. The van der Waals surface area contributed by atoms with Gasteiger partial charge in [0.15, 0.2) is 0 Å². The number of carbonyl (C=O) groups excluding carboxylic acids is 1. The highest BCUT2D eigenvalue weighted by Gasteiger charge is 2.14. The summed E-state index contributed by atoms with van der Waals surface area (Å²) in [6, 6.07) is 0. The molecule has 0 saturated heterocycles. The first-order valence-electron chi connectivity index (χ1n) is 5.76. The van der Waals surface area contributed by atoms with Crippen molar-refractivity contribution >= 4 is 23.7 Å². The molecule has 2 aromatic heterocycles. The third kappa shape index (κ3) is 2.69. The molecule has 2 aromatic rings. The van der Waals surface area contributed by atoms with E-state index in [2.05, 4.69) is 20.7 Å². The normalized spacial score (nSPS) is 11.2. The molecule has 0 unspecified atom stereocenters. The zero-order valence-corrected chi connectivity index (χ0v) is 11.6. The Morgan fingerprint density at radius 2 is 2.30 bits per heavy atom. The van der Waals surface area contributed by atoms with Crippen LogP contribution in [0.2, 0.25) is 5.02 Å². The summed E-state index contributed by atoms with van der Waals surface area (Å²) in [6.07, 6.45) is 3.85. The SMILES string of the molecule is CCn1ncc(/C=N/NC(=O)c2c(Cl)cnn2C)c1F. The number of aryl methyl sites for hydroxylation is 2. The minimum atomic E-state index is -0.533. The van der Waals surface area contributed by atoms with Gasteiger partial charge in [0.25, 0.3) is 5.91 Å². The molecule has 0 aromatic carbocycles. The lowest BCUT2D eigenvalue weighted by molar-refractivity contribution is 0.0946. The Morgan fingerprint density at radius 3 is 2.85 bits per heavy atom. The summed E-state index contributed by atoms with van der Waals surface area (Å²) in [6.45, 7) is 2.18. The third-order valence-corrected chi connectivity index (χ3v) is 2.86. The average molecular weight is 299 g/mol. The lowest BCUT2D eigenvalue weighted by Crippen LogP contribution is -2.21. The van der Waals surface area contributed by atoms with Crippen LogP contribution in [0.1, 0.15) is 23.0 Å². The highest BCUT2D eigenvalue weighted by molar-refractivity contribution is 6.33. The van der Waals surface area contributed by atoms with Crippen LogP contribution in [0.15, 0.2) is 17.5 Å². The predicted molar refractivity (Wildman–Crippen MR) is 71.1 cm³/mol. The first-order valence-corrected chi connectivity index (χ1v) is 6.14. The van der Waals surface area contributed by atoms with Crippen LogP contribution in [-0.4, -0.2) is 31.7 Å². The van der Waals surface area contributed by atoms with Crippen LogP contribution in [0.3, 0.4) is 0 Å². The van der Waals surface area contributed by atoms with Crippen LogP contribution in [-0.2, 0) is 13.6 Å². The molecule has 9 heteroatoms. The molecule has 0 spiro atoms. The van der Waals surface area contributed by atoms with Crippen LogP contribution in [0.4, 0.5) is 4.39 Å². The van der Waals surface area contributed by atoms with Gasteiger partial charge in [-0.2, -0.15) is 19.7 Å². The quantitative estimate of drug-likeness (QED) is 0.680. The highest BCUT2D eigenvalue weighted by atomic mass is 35.5. The second kappa shape index (κ2) is 5.83. The number of hydrogen-bond donors (Lipinski definition) is 1. The van der Waals surface area contributed by atoms with Gasteiger partial charge in [-0.3, -0.25) is 9.48 Å². The monoisotopic (exact) mass is 298 g/mol. The van der Waals surface area contributed by atoms with E-state index in [9.17, 15) is 9.18 Å². The number of halogens is 2. The second-order valence-corrected chi connectivity index (χ2v) is 4.28. The molecule has 106 valence electrons. The van der Waals surface area contributed by atoms with E-state index >= 15 is 0 Å². The maximum atomic E-state index is 13.6. The third-order valence-electron chi connectivity index (χ3n) is 2.58. The van der Waals surface area contributed by atoms with Gasteiger partial charge in [-0.15, -0.1) is 0 Å². The lowest BCUT2D eigenvalue weighted by Gasteiger charge is -2.00. The summed E-state index contributed by atoms with van der Waals surface area (Å²) in [5.74, 6) is -1.04.